The molecule has 0 aliphatic heterocycles. The number of hydrogen-bond acceptors (Lipinski definition) is 3. The van der Waals surface area contributed by atoms with Gasteiger partial charge in [-0.05, 0) is 53.9 Å². The number of carbonyl (C=O) groups excluding carboxylic acids is 1. The summed E-state index contributed by atoms with van der Waals surface area (Å²) in [6, 6.07) is 17.4. The molecule has 0 aliphatic carbocycles. The van der Waals surface area contributed by atoms with Crippen molar-refractivity contribution < 1.29 is 13.9 Å². The van der Waals surface area contributed by atoms with Crippen LogP contribution < -0.4 is 9.64 Å². The van der Waals surface area contributed by atoms with E-state index in [1.807, 2.05) is 36.4 Å². The molecule has 0 saturated heterocycles. The predicted octanol–water partition coefficient (Wildman–Crippen LogP) is 4.40. The van der Waals surface area contributed by atoms with Crippen molar-refractivity contribution in [2.24, 2.45) is 0 Å². The van der Waals surface area contributed by atoms with Gasteiger partial charge in [0.05, 0.1) is 13.7 Å². The predicted molar refractivity (Wildman–Crippen MR) is 103 cm³/mol. The molecule has 0 radical (unpaired) electrons. The molecule has 0 spiro atoms. The Hall–Kier alpha value is -3.21. The molecule has 1 amide bonds. The number of ether oxygens (including phenoxy) is 1. The van der Waals surface area contributed by atoms with E-state index < -0.39 is 0 Å². The van der Waals surface area contributed by atoms with Crippen LogP contribution in [-0.2, 0) is 17.8 Å². The first-order valence-corrected chi connectivity index (χ1v) is 8.74. The van der Waals surface area contributed by atoms with Gasteiger partial charge in [0.1, 0.15) is 11.6 Å². The van der Waals surface area contributed by atoms with Gasteiger partial charge in [0.2, 0.25) is 5.91 Å². The summed E-state index contributed by atoms with van der Waals surface area (Å²) in [5.74, 6) is 0.392. The highest BCUT2D eigenvalue weighted by atomic mass is 19.1. The maximum absolute atomic E-state index is 13.3. The minimum atomic E-state index is -0.332. The Labute approximate surface area is 158 Å². The van der Waals surface area contributed by atoms with Crippen LogP contribution in [0, 0.1) is 5.82 Å². The lowest BCUT2D eigenvalue weighted by molar-refractivity contribution is -0.118. The maximum Gasteiger partial charge on any atom is 0.227 e. The normalized spacial score (nSPS) is 10.4. The van der Waals surface area contributed by atoms with E-state index in [1.165, 1.54) is 12.1 Å². The van der Waals surface area contributed by atoms with Crippen LogP contribution in [0.1, 0.15) is 17.5 Å². The van der Waals surface area contributed by atoms with E-state index in [9.17, 15) is 9.18 Å². The summed E-state index contributed by atoms with van der Waals surface area (Å²) < 4.78 is 18.7. The van der Waals surface area contributed by atoms with Gasteiger partial charge in [0.25, 0.3) is 0 Å². The molecule has 0 saturated carbocycles. The quantitative estimate of drug-likeness (QED) is 0.624. The van der Waals surface area contributed by atoms with Gasteiger partial charge in [0.15, 0.2) is 0 Å². The second kappa shape index (κ2) is 8.94. The summed E-state index contributed by atoms with van der Waals surface area (Å²) in [5, 5.41) is 0. The Morgan fingerprint density at radius 3 is 2.56 bits per heavy atom. The standard InChI is InChI=1S/C22H21FN2O2/c1-27-21-7-3-2-6-18(21)8-13-22(26)25(16-17-5-4-14-24-15-17)20-11-9-19(23)10-12-20/h2-7,9-12,14-15H,8,13,16H2,1H3. The zero-order chi connectivity index (χ0) is 19.1. The summed E-state index contributed by atoms with van der Waals surface area (Å²) in [6.45, 7) is 0.379. The Morgan fingerprint density at radius 2 is 1.85 bits per heavy atom. The Balaban J connectivity index is 1.78. The van der Waals surface area contributed by atoms with E-state index in [0.717, 1.165) is 16.9 Å². The van der Waals surface area contributed by atoms with Crippen molar-refractivity contribution >= 4 is 11.6 Å². The van der Waals surface area contributed by atoms with Crippen LogP contribution >= 0.6 is 0 Å². The largest absolute Gasteiger partial charge is 0.496 e. The number of pyridine rings is 1. The number of methoxy groups -OCH3 is 1. The maximum atomic E-state index is 13.3. The third-order valence-corrected chi connectivity index (χ3v) is 4.30. The van der Waals surface area contributed by atoms with E-state index in [0.29, 0.717) is 25.1 Å². The molecule has 1 aromatic heterocycles. The first-order chi connectivity index (χ1) is 13.2. The number of carbonyl (C=O) groups is 1. The Morgan fingerprint density at radius 1 is 1.07 bits per heavy atom. The molecule has 138 valence electrons. The number of amides is 1. The van der Waals surface area contributed by atoms with Gasteiger partial charge in [-0.1, -0.05) is 24.3 Å². The number of hydrogen-bond donors (Lipinski definition) is 0. The monoisotopic (exact) mass is 364 g/mol. The zero-order valence-corrected chi connectivity index (χ0v) is 15.1. The SMILES string of the molecule is COc1ccccc1CCC(=O)N(Cc1cccnc1)c1ccc(F)cc1. The molecule has 3 aromatic rings. The van der Waals surface area contributed by atoms with E-state index >= 15 is 0 Å². The van der Waals surface area contributed by atoms with Crippen LogP contribution in [-0.4, -0.2) is 18.0 Å². The number of nitrogens with zero attached hydrogens (tertiary/aromatic N) is 2. The molecule has 4 nitrogen and oxygen atoms in total. The highest BCUT2D eigenvalue weighted by Gasteiger charge is 2.17. The van der Waals surface area contributed by atoms with E-state index in [-0.39, 0.29) is 11.7 Å². The van der Waals surface area contributed by atoms with Gasteiger partial charge in [0, 0.05) is 24.5 Å². The molecule has 2 aromatic carbocycles. The average molecular weight is 364 g/mol. The number of aromatic nitrogens is 1. The van der Waals surface area contributed by atoms with Gasteiger partial charge < -0.3 is 9.64 Å². The highest BCUT2D eigenvalue weighted by molar-refractivity contribution is 5.93. The van der Waals surface area contributed by atoms with E-state index in [2.05, 4.69) is 4.98 Å². The summed E-state index contributed by atoms with van der Waals surface area (Å²) in [6.07, 6.45) is 4.30. The van der Waals surface area contributed by atoms with Gasteiger partial charge in [-0.25, -0.2) is 4.39 Å². The van der Waals surface area contributed by atoms with Crippen LogP contribution in [0.5, 0.6) is 5.75 Å². The number of benzene rings is 2. The van der Waals surface area contributed by atoms with Crippen molar-refractivity contribution in [3.05, 3.63) is 90.0 Å². The Bertz CT molecular complexity index is 882. The Kier molecular flexibility index (Phi) is 6.15. The number of anilines is 1. The minimum absolute atomic E-state index is 0.0450. The lowest BCUT2D eigenvalue weighted by Gasteiger charge is -2.23. The molecular formula is C22H21FN2O2. The topological polar surface area (TPSA) is 42.4 Å². The average Bonchev–Trinajstić information content (AvgIpc) is 2.72. The fraction of sp³-hybridized carbons (Fsp3) is 0.182. The summed E-state index contributed by atoms with van der Waals surface area (Å²) in [5.41, 5.74) is 2.55. The molecular weight excluding hydrogens is 343 g/mol. The van der Waals surface area contributed by atoms with Crippen LogP contribution in [0.3, 0.4) is 0 Å². The molecule has 3 rings (SSSR count). The lowest BCUT2D eigenvalue weighted by Crippen LogP contribution is -2.30. The van der Waals surface area contributed by atoms with Gasteiger partial charge in [-0.2, -0.15) is 0 Å². The van der Waals surface area contributed by atoms with Crippen LogP contribution in [0.15, 0.2) is 73.1 Å². The molecule has 5 heteroatoms. The first-order valence-electron chi connectivity index (χ1n) is 8.74. The van der Waals surface area contributed by atoms with Crippen LogP contribution in [0.4, 0.5) is 10.1 Å². The minimum Gasteiger partial charge on any atom is -0.496 e. The molecule has 0 aliphatic rings. The molecule has 0 unspecified atom stereocenters. The fourth-order valence-electron chi connectivity index (χ4n) is 2.90. The number of halogens is 1. The zero-order valence-electron chi connectivity index (χ0n) is 15.1. The third kappa shape index (κ3) is 4.91. The molecule has 27 heavy (non-hydrogen) atoms. The summed E-state index contributed by atoms with van der Waals surface area (Å²) in [7, 11) is 1.62. The first kappa shape index (κ1) is 18.6. The molecule has 0 bridgehead atoms. The molecule has 1 heterocycles. The second-order valence-corrected chi connectivity index (χ2v) is 6.13. The van der Waals surface area contributed by atoms with Crippen LogP contribution in [0.25, 0.3) is 0 Å². The third-order valence-electron chi connectivity index (χ3n) is 4.30. The molecule has 0 atom stereocenters. The summed E-state index contributed by atoms with van der Waals surface area (Å²) >= 11 is 0. The summed E-state index contributed by atoms with van der Waals surface area (Å²) in [4.78, 5) is 18.7. The van der Waals surface area contributed by atoms with Gasteiger partial charge >= 0.3 is 0 Å². The lowest BCUT2D eigenvalue weighted by atomic mass is 10.1. The van der Waals surface area contributed by atoms with Gasteiger partial charge in [-0.15, -0.1) is 0 Å². The number of aryl methyl sites for hydroxylation is 1. The van der Waals surface area contributed by atoms with Crippen molar-refractivity contribution in [3.8, 4) is 5.75 Å². The van der Waals surface area contributed by atoms with Crippen molar-refractivity contribution in [1.82, 2.24) is 4.98 Å². The number of para-hydroxylation sites is 1. The van der Waals surface area contributed by atoms with E-state index in [1.54, 1.807) is 36.5 Å². The molecule has 0 N–H and O–H groups in total. The molecule has 0 fully saturated rings. The smallest absolute Gasteiger partial charge is 0.227 e. The van der Waals surface area contributed by atoms with Crippen LogP contribution in [0.2, 0.25) is 0 Å². The number of rotatable bonds is 7. The highest BCUT2D eigenvalue weighted by Crippen LogP contribution is 2.22. The van der Waals surface area contributed by atoms with Crippen molar-refractivity contribution in [2.45, 2.75) is 19.4 Å². The fourth-order valence-corrected chi connectivity index (χ4v) is 2.90. The second-order valence-electron chi connectivity index (χ2n) is 6.13. The van der Waals surface area contributed by atoms with Gasteiger partial charge in [-0.3, -0.25) is 9.78 Å². The van der Waals surface area contributed by atoms with Crippen molar-refractivity contribution in [2.75, 3.05) is 12.0 Å². The van der Waals surface area contributed by atoms with Crippen molar-refractivity contribution in [3.63, 3.8) is 0 Å². The van der Waals surface area contributed by atoms with E-state index in [4.69, 9.17) is 4.74 Å². The van der Waals surface area contributed by atoms with Crippen molar-refractivity contribution in [1.29, 1.82) is 0 Å².